The third kappa shape index (κ3) is 3.16. The predicted molar refractivity (Wildman–Crippen MR) is 80.4 cm³/mol. The number of methoxy groups -OCH3 is 2. The van der Waals surface area contributed by atoms with Crippen molar-refractivity contribution in [1.82, 2.24) is 0 Å². The molecule has 4 heteroatoms. The highest BCUT2D eigenvalue weighted by molar-refractivity contribution is 5.92. The molecule has 0 fully saturated rings. The second-order valence-corrected chi connectivity index (χ2v) is 4.68. The first-order valence-electron chi connectivity index (χ1n) is 6.57. The Kier molecular flexibility index (Phi) is 4.48. The van der Waals surface area contributed by atoms with Crippen LogP contribution in [0.15, 0.2) is 36.4 Å². The number of hydrogen-bond donors (Lipinski definition) is 0. The fourth-order valence-corrected chi connectivity index (χ4v) is 2.07. The maximum Gasteiger partial charge on any atom is 0.343 e. The van der Waals surface area contributed by atoms with E-state index >= 15 is 0 Å². The number of esters is 1. The Bertz CT molecular complexity index is 642. The maximum atomic E-state index is 12.3. The van der Waals surface area contributed by atoms with Gasteiger partial charge in [0.1, 0.15) is 5.75 Å². The van der Waals surface area contributed by atoms with E-state index in [2.05, 4.69) is 0 Å². The molecular weight excluding hydrogens is 268 g/mol. The van der Waals surface area contributed by atoms with Gasteiger partial charge in [-0.1, -0.05) is 18.2 Å². The van der Waals surface area contributed by atoms with Gasteiger partial charge in [0, 0.05) is 0 Å². The van der Waals surface area contributed by atoms with E-state index in [0.717, 1.165) is 11.1 Å². The van der Waals surface area contributed by atoms with E-state index in [9.17, 15) is 4.79 Å². The van der Waals surface area contributed by atoms with Crippen molar-refractivity contribution < 1.29 is 19.0 Å². The molecule has 21 heavy (non-hydrogen) atoms. The highest BCUT2D eigenvalue weighted by atomic mass is 16.5. The minimum absolute atomic E-state index is 0.412. The highest BCUT2D eigenvalue weighted by Crippen LogP contribution is 2.29. The fraction of sp³-hybridized carbons (Fsp3) is 0.235. The standard InChI is InChI=1S/C17H18O4/c1-11-6-5-7-12(2)16(11)21-17(18)13-8-9-14(19-3)15(10-13)20-4/h5-10H,1-4H3. The van der Waals surface area contributed by atoms with Gasteiger partial charge in [0.15, 0.2) is 11.5 Å². The summed E-state index contributed by atoms with van der Waals surface area (Å²) >= 11 is 0. The molecule has 0 radical (unpaired) electrons. The Balaban J connectivity index is 2.29. The maximum absolute atomic E-state index is 12.3. The molecule has 2 aromatic rings. The molecule has 0 spiro atoms. The third-order valence-electron chi connectivity index (χ3n) is 3.22. The van der Waals surface area contributed by atoms with Crippen molar-refractivity contribution in [1.29, 1.82) is 0 Å². The van der Waals surface area contributed by atoms with Crippen LogP contribution in [0, 0.1) is 13.8 Å². The van der Waals surface area contributed by atoms with Gasteiger partial charge >= 0.3 is 5.97 Å². The number of benzene rings is 2. The largest absolute Gasteiger partial charge is 0.493 e. The lowest BCUT2D eigenvalue weighted by molar-refractivity contribution is 0.0732. The monoisotopic (exact) mass is 286 g/mol. The predicted octanol–water partition coefficient (Wildman–Crippen LogP) is 3.54. The van der Waals surface area contributed by atoms with Crippen LogP contribution >= 0.6 is 0 Å². The summed E-state index contributed by atoms with van der Waals surface area (Å²) in [6, 6.07) is 10.7. The van der Waals surface area contributed by atoms with Gasteiger partial charge in [-0.05, 0) is 43.2 Å². The number of ether oxygens (including phenoxy) is 3. The molecule has 2 aromatic carbocycles. The number of aryl methyl sites for hydroxylation is 2. The third-order valence-corrected chi connectivity index (χ3v) is 3.22. The number of rotatable bonds is 4. The minimum Gasteiger partial charge on any atom is -0.493 e. The van der Waals surface area contributed by atoms with Crippen molar-refractivity contribution in [3.63, 3.8) is 0 Å². The van der Waals surface area contributed by atoms with Crippen LogP contribution in [0.4, 0.5) is 0 Å². The smallest absolute Gasteiger partial charge is 0.343 e. The molecule has 0 heterocycles. The molecule has 0 N–H and O–H groups in total. The van der Waals surface area contributed by atoms with Crippen molar-refractivity contribution in [3.8, 4) is 17.2 Å². The molecule has 2 rings (SSSR count). The molecule has 0 unspecified atom stereocenters. The number of para-hydroxylation sites is 1. The molecule has 0 aliphatic rings. The second kappa shape index (κ2) is 6.31. The average Bonchev–Trinajstić information content (AvgIpc) is 2.50. The molecule has 4 nitrogen and oxygen atoms in total. The molecule has 0 aliphatic heterocycles. The van der Waals surface area contributed by atoms with Crippen molar-refractivity contribution in [2.75, 3.05) is 14.2 Å². The summed E-state index contributed by atoms with van der Waals surface area (Å²) in [4.78, 5) is 12.3. The molecule has 0 saturated heterocycles. The molecular formula is C17H18O4. The quantitative estimate of drug-likeness (QED) is 0.637. The zero-order chi connectivity index (χ0) is 15.4. The molecule has 110 valence electrons. The van der Waals surface area contributed by atoms with Gasteiger partial charge in [0.2, 0.25) is 0 Å². The van der Waals surface area contributed by atoms with E-state index in [0.29, 0.717) is 22.8 Å². The SMILES string of the molecule is COc1ccc(C(=O)Oc2c(C)cccc2C)cc1OC. The lowest BCUT2D eigenvalue weighted by atomic mass is 10.1. The van der Waals surface area contributed by atoms with Gasteiger partial charge in [-0.15, -0.1) is 0 Å². The van der Waals surface area contributed by atoms with Crippen LogP contribution in [0.3, 0.4) is 0 Å². The molecule has 0 aliphatic carbocycles. The zero-order valence-electron chi connectivity index (χ0n) is 12.6. The van der Waals surface area contributed by atoms with Crippen molar-refractivity contribution in [2.24, 2.45) is 0 Å². The first-order valence-corrected chi connectivity index (χ1v) is 6.57. The van der Waals surface area contributed by atoms with Gasteiger partial charge < -0.3 is 14.2 Å². The average molecular weight is 286 g/mol. The van der Waals surface area contributed by atoms with E-state index in [4.69, 9.17) is 14.2 Å². The van der Waals surface area contributed by atoms with Crippen LogP contribution in [0.2, 0.25) is 0 Å². The van der Waals surface area contributed by atoms with Crippen molar-refractivity contribution in [2.45, 2.75) is 13.8 Å². The zero-order valence-corrected chi connectivity index (χ0v) is 12.6. The summed E-state index contributed by atoms with van der Waals surface area (Å²) in [6.45, 7) is 3.81. The Morgan fingerprint density at radius 2 is 1.52 bits per heavy atom. The van der Waals surface area contributed by atoms with Crippen LogP contribution in [0.25, 0.3) is 0 Å². The lowest BCUT2D eigenvalue weighted by Crippen LogP contribution is -2.10. The van der Waals surface area contributed by atoms with Crippen LogP contribution < -0.4 is 14.2 Å². The van der Waals surface area contributed by atoms with Crippen LogP contribution in [-0.2, 0) is 0 Å². The van der Waals surface area contributed by atoms with Crippen molar-refractivity contribution in [3.05, 3.63) is 53.1 Å². The molecule has 0 amide bonds. The van der Waals surface area contributed by atoms with E-state index in [-0.39, 0.29) is 0 Å². The van der Waals surface area contributed by atoms with E-state index < -0.39 is 5.97 Å². The van der Waals surface area contributed by atoms with Crippen molar-refractivity contribution >= 4 is 5.97 Å². The minimum atomic E-state index is -0.423. The fourth-order valence-electron chi connectivity index (χ4n) is 2.07. The highest BCUT2D eigenvalue weighted by Gasteiger charge is 2.14. The number of carbonyl (C=O) groups is 1. The second-order valence-electron chi connectivity index (χ2n) is 4.68. The summed E-state index contributed by atoms with van der Waals surface area (Å²) in [6.07, 6.45) is 0. The van der Waals surface area contributed by atoms with Crippen LogP contribution in [-0.4, -0.2) is 20.2 Å². The topological polar surface area (TPSA) is 44.8 Å². The summed E-state index contributed by atoms with van der Waals surface area (Å²) in [5.41, 5.74) is 2.25. The van der Waals surface area contributed by atoms with Gasteiger partial charge in [-0.2, -0.15) is 0 Å². The molecule has 0 saturated carbocycles. The van der Waals surface area contributed by atoms with Gasteiger partial charge in [-0.25, -0.2) is 4.79 Å². The van der Waals surface area contributed by atoms with E-state index in [1.54, 1.807) is 25.3 Å². The normalized spacial score (nSPS) is 10.1. The van der Waals surface area contributed by atoms with Crippen LogP contribution in [0.5, 0.6) is 17.2 Å². The first-order chi connectivity index (χ1) is 10.1. The van der Waals surface area contributed by atoms with E-state index in [1.807, 2.05) is 32.0 Å². The summed E-state index contributed by atoms with van der Waals surface area (Å²) in [7, 11) is 3.07. The summed E-state index contributed by atoms with van der Waals surface area (Å²) in [5, 5.41) is 0. The number of hydrogen-bond acceptors (Lipinski definition) is 4. The Labute approximate surface area is 124 Å². The molecule has 0 aromatic heterocycles. The van der Waals surface area contributed by atoms with Gasteiger partial charge in [0.05, 0.1) is 19.8 Å². The van der Waals surface area contributed by atoms with Crippen LogP contribution in [0.1, 0.15) is 21.5 Å². The Hall–Kier alpha value is -2.49. The lowest BCUT2D eigenvalue weighted by Gasteiger charge is -2.12. The molecule has 0 bridgehead atoms. The number of carbonyl (C=O) groups excluding carboxylic acids is 1. The Morgan fingerprint density at radius 1 is 0.905 bits per heavy atom. The molecule has 0 atom stereocenters. The summed E-state index contributed by atoms with van der Waals surface area (Å²) < 4.78 is 15.8. The summed E-state index contributed by atoms with van der Waals surface area (Å²) in [5.74, 6) is 1.24. The first kappa shape index (κ1) is 14.9. The van der Waals surface area contributed by atoms with Gasteiger partial charge in [0.25, 0.3) is 0 Å². The Morgan fingerprint density at radius 3 is 2.10 bits per heavy atom. The van der Waals surface area contributed by atoms with E-state index in [1.165, 1.54) is 7.11 Å². The van der Waals surface area contributed by atoms with Gasteiger partial charge in [-0.3, -0.25) is 0 Å².